The van der Waals surface area contributed by atoms with E-state index < -0.39 is 10.0 Å². The summed E-state index contributed by atoms with van der Waals surface area (Å²) in [6.45, 7) is 2.53. The maximum atomic E-state index is 12.4. The maximum Gasteiger partial charge on any atom is 0.263 e. The van der Waals surface area contributed by atoms with Crippen molar-refractivity contribution in [2.24, 2.45) is 0 Å². The summed E-state index contributed by atoms with van der Waals surface area (Å²) in [7, 11) is -3.73. The molecule has 4 aromatic rings. The molecule has 32 heavy (non-hydrogen) atoms. The molecule has 12 heteroatoms. The highest BCUT2D eigenvalue weighted by molar-refractivity contribution is 8.01. The number of anilines is 2. The molecule has 0 saturated heterocycles. The third kappa shape index (κ3) is 5.57. The predicted molar refractivity (Wildman–Crippen MR) is 130 cm³/mol. The zero-order valence-electron chi connectivity index (χ0n) is 16.8. The molecule has 166 valence electrons. The van der Waals surface area contributed by atoms with Crippen LogP contribution in [0.15, 0.2) is 63.3 Å². The van der Waals surface area contributed by atoms with Gasteiger partial charge in [0.25, 0.3) is 10.0 Å². The van der Waals surface area contributed by atoms with E-state index in [0.717, 1.165) is 20.3 Å². The molecule has 1 amide bonds. The van der Waals surface area contributed by atoms with E-state index in [2.05, 4.69) is 20.0 Å². The number of carbonyl (C=O) groups is 1. The lowest BCUT2D eigenvalue weighted by molar-refractivity contribution is -0.113. The third-order valence-electron chi connectivity index (χ3n) is 4.08. The number of thiazole rings is 2. The minimum atomic E-state index is -3.73. The monoisotopic (exact) mass is 506 g/mol. The van der Waals surface area contributed by atoms with Crippen LogP contribution in [0.2, 0.25) is 0 Å². The normalized spacial score (nSPS) is 11.4. The van der Waals surface area contributed by atoms with E-state index in [9.17, 15) is 13.2 Å². The smallest absolute Gasteiger partial charge is 0.263 e. The molecule has 2 aromatic carbocycles. The number of nitrogens with zero attached hydrogens (tertiary/aromatic N) is 2. The zero-order valence-corrected chi connectivity index (χ0v) is 20.0. The van der Waals surface area contributed by atoms with Gasteiger partial charge in [0.15, 0.2) is 9.47 Å². The number of carbonyl (C=O) groups excluding carboxylic acids is 1. The van der Waals surface area contributed by atoms with Gasteiger partial charge in [0.1, 0.15) is 5.75 Å². The summed E-state index contributed by atoms with van der Waals surface area (Å²) in [5.74, 6) is 0.773. The Morgan fingerprint density at radius 2 is 2.00 bits per heavy atom. The van der Waals surface area contributed by atoms with Crippen LogP contribution in [0.1, 0.15) is 6.92 Å². The predicted octanol–water partition coefficient (Wildman–Crippen LogP) is 4.68. The van der Waals surface area contributed by atoms with Gasteiger partial charge in [-0.2, -0.15) is 0 Å². The molecule has 0 atom stereocenters. The Bertz CT molecular complexity index is 1320. The van der Waals surface area contributed by atoms with Crippen LogP contribution in [0, 0.1) is 0 Å². The first-order valence-corrected chi connectivity index (χ1v) is 13.6. The highest BCUT2D eigenvalue weighted by Crippen LogP contribution is 2.32. The first-order chi connectivity index (χ1) is 15.4. The Morgan fingerprint density at radius 3 is 2.72 bits per heavy atom. The number of nitrogens with one attached hydrogen (secondary N) is 2. The van der Waals surface area contributed by atoms with Gasteiger partial charge in [-0.25, -0.2) is 18.4 Å². The van der Waals surface area contributed by atoms with Gasteiger partial charge in [-0.1, -0.05) is 11.8 Å². The Labute approximate surface area is 197 Å². The largest absolute Gasteiger partial charge is 0.494 e. The quantitative estimate of drug-likeness (QED) is 0.317. The molecule has 0 aliphatic heterocycles. The summed E-state index contributed by atoms with van der Waals surface area (Å²) < 4.78 is 34.5. The molecule has 0 radical (unpaired) electrons. The Morgan fingerprint density at radius 1 is 1.19 bits per heavy atom. The molecule has 0 spiro atoms. The van der Waals surface area contributed by atoms with Crippen LogP contribution >= 0.6 is 34.4 Å². The number of thioether (sulfide) groups is 1. The standard InChI is InChI=1S/C20H18N4O4S4/c1-2-28-14-5-8-16-17(11-14)31-20(23-16)30-12-18(25)22-13-3-6-15(7-4-13)32(26,27)24-19-21-9-10-29-19/h3-11H,2,12H2,1H3,(H,21,24)(H,22,25). The number of amides is 1. The van der Waals surface area contributed by atoms with Crippen molar-refractivity contribution in [1.29, 1.82) is 0 Å². The molecule has 0 bridgehead atoms. The Kier molecular flexibility index (Phi) is 6.94. The Hall–Kier alpha value is -2.67. The fourth-order valence-corrected chi connectivity index (χ4v) is 6.38. The number of hydrogen-bond donors (Lipinski definition) is 2. The molecule has 0 unspecified atom stereocenters. The van der Waals surface area contributed by atoms with Crippen LogP contribution in [0.25, 0.3) is 10.2 Å². The highest BCUT2D eigenvalue weighted by Gasteiger charge is 2.16. The van der Waals surface area contributed by atoms with Crippen molar-refractivity contribution in [1.82, 2.24) is 9.97 Å². The minimum Gasteiger partial charge on any atom is -0.494 e. The van der Waals surface area contributed by atoms with Crippen molar-refractivity contribution >= 4 is 71.4 Å². The third-order valence-corrected chi connectivity index (χ3v) is 8.41. The van der Waals surface area contributed by atoms with E-state index in [-0.39, 0.29) is 16.6 Å². The molecule has 4 rings (SSSR count). The summed E-state index contributed by atoms with van der Waals surface area (Å²) >= 11 is 4.04. The van der Waals surface area contributed by atoms with Gasteiger partial charge in [-0.15, -0.1) is 22.7 Å². The lowest BCUT2D eigenvalue weighted by Gasteiger charge is -2.07. The van der Waals surface area contributed by atoms with Crippen LogP contribution in [0.5, 0.6) is 5.75 Å². The summed E-state index contributed by atoms with van der Waals surface area (Å²) in [5, 5.41) is 4.74. The van der Waals surface area contributed by atoms with Crippen LogP contribution in [-0.2, 0) is 14.8 Å². The number of fused-ring (bicyclic) bond motifs is 1. The van der Waals surface area contributed by atoms with E-state index >= 15 is 0 Å². The summed E-state index contributed by atoms with van der Waals surface area (Å²) in [6.07, 6.45) is 1.52. The summed E-state index contributed by atoms with van der Waals surface area (Å²) in [6, 6.07) is 11.7. The summed E-state index contributed by atoms with van der Waals surface area (Å²) in [5.41, 5.74) is 1.37. The maximum absolute atomic E-state index is 12.4. The number of rotatable bonds is 9. The molecular weight excluding hydrogens is 489 g/mol. The van der Waals surface area contributed by atoms with Crippen molar-refractivity contribution in [3.63, 3.8) is 0 Å². The van der Waals surface area contributed by atoms with Gasteiger partial charge in [0.2, 0.25) is 5.91 Å². The molecular formula is C20H18N4O4S4. The first kappa shape index (κ1) is 22.5. The molecule has 0 fully saturated rings. The second kappa shape index (κ2) is 9.86. The topological polar surface area (TPSA) is 110 Å². The van der Waals surface area contributed by atoms with Crippen molar-refractivity contribution in [2.75, 3.05) is 22.4 Å². The van der Waals surface area contributed by atoms with E-state index in [0.29, 0.717) is 17.4 Å². The van der Waals surface area contributed by atoms with E-state index in [4.69, 9.17) is 4.74 Å². The number of aromatic nitrogens is 2. The second-order valence-electron chi connectivity index (χ2n) is 6.35. The van der Waals surface area contributed by atoms with E-state index in [1.54, 1.807) is 17.5 Å². The first-order valence-electron chi connectivity index (χ1n) is 9.41. The van der Waals surface area contributed by atoms with Crippen LogP contribution in [0.3, 0.4) is 0 Å². The van der Waals surface area contributed by atoms with Gasteiger partial charge < -0.3 is 10.1 Å². The fourth-order valence-electron chi connectivity index (χ4n) is 2.69. The van der Waals surface area contributed by atoms with Gasteiger partial charge in [-0.05, 0) is 49.4 Å². The number of sulfonamides is 1. The Balaban J connectivity index is 1.33. The van der Waals surface area contributed by atoms with E-state index in [1.165, 1.54) is 52.8 Å². The highest BCUT2D eigenvalue weighted by atomic mass is 32.2. The molecule has 8 nitrogen and oxygen atoms in total. The lowest BCUT2D eigenvalue weighted by Crippen LogP contribution is -2.15. The van der Waals surface area contributed by atoms with Crippen molar-refractivity contribution in [3.05, 3.63) is 54.0 Å². The number of benzene rings is 2. The van der Waals surface area contributed by atoms with Crippen LogP contribution < -0.4 is 14.8 Å². The lowest BCUT2D eigenvalue weighted by atomic mass is 10.3. The summed E-state index contributed by atoms with van der Waals surface area (Å²) in [4.78, 5) is 20.8. The van der Waals surface area contributed by atoms with Gasteiger partial charge in [-0.3, -0.25) is 9.52 Å². The van der Waals surface area contributed by atoms with Crippen LogP contribution in [0.4, 0.5) is 10.8 Å². The zero-order chi connectivity index (χ0) is 22.6. The van der Waals surface area contributed by atoms with Crippen molar-refractivity contribution < 1.29 is 17.9 Å². The van der Waals surface area contributed by atoms with Gasteiger partial charge >= 0.3 is 0 Å². The number of hydrogen-bond acceptors (Lipinski definition) is 9. The average molecular weight is 507 g/mol. The van der Waals surface area contributed by atoms with Crippen molar-refractivity contribution in [3.8, 4) is 5.75 Å². The van der Waals surface area contributed by atoms with Gasteiger partial charge in [0, 0.05) is 17.3 Å². The van der Waals surface area contributed by atoms with Crippen LogP contribution in [-0.4, -0.2) is 36.7 Å². The van der Waals surface area contributed by atoms with Crippen molar-refractivity contribution in [2.45, 2.75) is 16.2 Å². The average Bonchev–Trinajstić information content (AvgIpc) is 3.41. The number of ether oxygens (including phenoxy) is 1. The minimum absolute atomic E-state index is 0.0842. The van der Waals surface area contributed by atoms with E-state index in [1.807, 2.05) is 25.1 Å². The molecule has 2 N–H and O–H groups in total. The molecule has 0 aliphatic carbocycles. The fraction of sp³-hybridized carbons (Fsp3) is 0.150. The molecule has 0 aliphatic rings. The second-order valence-corrected chi connectivity index (χ2v) is 11.2. The van der Waals surface area contributed by atoms with Gasteiger partial charge in [0.05, 0.1) is 27.5 Å². The molecule has 0 saturated carbocycles. The molecule has 2 aromatic heterocycles. The SMILES string of the molecule is CCOc1ccc2nc(SCC(=O)Nc3ccc(S(=O)(=O)Nc4nccs4)cc3)sc2c1. The molecule has 2 heterocycles.